The Morgan fingerprint density at radius 2 is 1.89 bits per heavy atom. The molecule has 0 bridgehead atoms. The quantitative estimate of drug-likeness (QED) is 0.710. The Balaban J connectivity index is 1.47. The van der Waals surface area contributed by atoms with Crippen molar-refractivity contribution in [1.82, 2.24) is 0 Å². The Hall–Kier alpha value is -0.800. The first-order chi connectivity index (χ1) is 12.9. The summed E-state index contributed by atoms with van der Waals surface area (Å²) < 4.78 is 5.61. The van der Waals surface area contributed by atoms with Crippen LogP contribution in [0.2, 0.25) is 0 Å². The molecule has 8 atom stereocenters. The first-order valence-corrected chi connectivity index (χ1v) is 11.3. The third-order valence-corrected chi connectivity index (χ3v) is 10.0. The van der Waals surface area contributed by atoms with Crippen molar-refractivity contribution in [3.05, 3.63) is 24.0 Å². The van der Waals surface area contributed by atoms with Gasteiger partial charge in [-0.05, 0) is 98.5 Å². The highest BCUT2D eigenvalue weighted by atomic mass is 16.5. The van der Waals surface area contributed by atoms with Gasteiger partial charge in [0.05, 0.1) is 11.9 Å². The fourth-order valence-corrected chi connectivity index (χ4v) is 8.41. The minimum Gasteiger partial charge on any atom is -0.497 e. The summed E-state index contributed by atoms with van der Waals surface area (Å²) in [6.07, 6.45) is 16.9. The predicted molar refractivity (Wildman–Crippen MR) is 108 cm³/mol. The van der Waals surface area contributed by atoms with Gasteiger partial charge >= 0.3 is 0 Å². The van der Waals surface area contributed by atoms with Crippen LogP contribution in [0.3, 0.4) is 0 Å². The smallest absolute Gasteiger partial charge is 0.106 e. The SMILES string of the molecule is C[C@]12CC[C@H](N)C[C@H]1CC[C@@H]1[C@@H]2CC[C@]2(C)[C@@H](C3=COCC=C3)CC[C@]12O. The van der Waals surface area contributed by atoms with Gasteiger partial charge < -0.3 is 15.6 Å². The molecular weight excluding hydrogens is 334 g/mol. The second-order valence-electron chi connectivity index (χ2n) is 10.9. The molecule has 0 aromatic rings. The average molecular weight is 372 g/mol. The molecule has 0 unspecified atom stereocenters. The summed E-state index contributed by atoms with van der Waals surface area (Å²) in [5, 5.41) is 12.2. The van der Waals surface area contributed by atoms with Crippen LogP contribution in [0.25, 0.3) is 0 Å². The molecule has 0 aromatic carbocycles. The largest absolute Gasteiger partial charge is 0.497 e. The van der Waals surface area contributed by atoms with Gasteiger partial charge in [-0.1, -0.05) is 19.9 Å². The third kappa shape index (κ3) is 2.40. The van der Waals surface area contributed by atoms with Crippen molar-refractivity contribution in [1.29, 1.82) is 0 Å². The van der Waals surface area contributed by atoms with Crippen LogP contribution in [0.1, 0.15) is 71.6 Å². The van der Waals surface area contributed by atoms with Gasteiger partial charge in [0.15, 0.2) is 0 Å². The fourth-order valence-electron chi connectivity index (χ4n) is 8.41. The van der Waals surface area contributed by atoms with E-state index in [9.17, 15) is 5.11 Å². The van der Waals surface area contributed by atoms with Crippen LogP contribution < -0.4 is 5.73 Å². The van der Waals surface area contributed by atoms with E-state index in [-0.39, 0.29) is 5.41 Å². The van der Waals surface area contributed by atoms with Gasteiger partial charge in [-0.3, -0.25) is 0 Å². The zero-order chi connectivity index (χ0) is 18.9. The highest BCUT2D eigenvalue weighted by molar-refractivity contribution is 5.30. The molecule has 0 amide bonds. The Bertz CT molecular complexity index is 671. The van der Waals surface area contributed by atoms with Crippen LogP contribution in [-0.2, 0) is 4.74 Å². The van der Waals surface area contributed by atoms with Crippen molar-refractivity contribution in [2.45, 2.75) is 83.3 Å². The standard InChI is InChI=1S/C24H37NO2/c1-22-10-7-18(25)14-17(22)5-6-21-20(22)8-11-23(2)19(9-12-24(21,23)26)16-4-3-13-27-15-16/h3-4,15,17-21,26H,5-14,25H2,1-2H3/t17-,18+,19-,20+,21-,22+,23-,24+/m1/s1. The molecular formula is C24H37NO2. The molecule has 1 aliphatic heterocycles. The maximum Gasteiger partial charge on any atom is 0.106 e. The van der Waals surface area contributed by atoms with E-state index in [0.717, 1.165) is 25.2 Å². The van der Waals surface area contributed by atoms with Crippen molar-refractivity contribution >= 4 is 0 Å². The molecule has 27 heavy (non-hydrogen) atoms. The molecule has 5 rings (SSSR count). The van der Waals surface area contributed by atoms with Crippen molar-refractivity contribution in [2.24, 2.45) is 40.2 Å². The van der Waals surface area contributed by atoms with E-state index in [1.807, 2.05) is 6.26 Å². The van der Waals surface area contributed by atoms with Gasteiger partial charge in [-0.15, -0.1) is 0 Å². The maximum atomic E-state index is 12.2. The van der Waals surface area contributed by atoms with Crippen LogP contribution in [0.5, 0.6) is 0 Å². The van der Waals surface area contributed by atoms with E-state index < -0.39 is 5.60 Å². The zero-order valence-electron chi connectivity index (χ0n) is 17.1. The van der Waals surface area contributed by atoms with Crippen LogP contribution in [-0.4, -0.2) is 23.4 Å². The number of ether oxygens (including phenoxy) is 1. The molecule has 0 aromatic heterocycles. The van der Waals surface area contributed by atoms with Crippen molar-refractivity contribution in [3.8, 4) is 0 Å². The lowest BCUT2D eigenvalue weighted by molar-refractivity contribution is -0.204. The lowest BCUT2D eigenvalue weighted by Gasteiger charge is -2.63. The molecule has 3 nitrogen and oxygen atoms in total. The molecule has 0 radical (unpaired) electrons. The summed E-state index contributed by atoms with van der Waals surface area (Å²) >= 11 is 0. The minimum atomic E-state index is -0.514. The van der Waals surface area contributed by atoms with E-state index in [1.165, 1.54) is 44.1 Å². The highest BCUT2D eigenvalue weighted by Gasteiger charge is 2.67. The summed E-state index contributed by atoms with van der Waals surface area (Å²) in [6, 6.07) is 0.400. The zero-order valence-corrected chi connectivity index (χ0v) is 17.1. The number of hydrogen-bond donors (Lipinski definition) is 2. The number of hydrogen-bond acceptors (Lipinski definition) is 3. The first-order valence-electron chi connectivity index (χ1n) is 11.3. The molecule has 5 aliphatic rings. The average Bonchev–Trinajstić information content (AvgIpc) is 2.94. The lowest BCUT2D eigenvalue weighted by atomic mass is 9.43. The van der Waals surface area contributed by atoms with E-state index >= 15 is 0 Å². The van der Waals surface area contributed by atoms with Gasteiger partial charge in [0.25, 0.3) is 0 Å². The summed E-state index contributed by atoms with van der Waals surface area (Å²) in [5.74, 6) is 2.34. The van der Waals surface area contributed by atoms with Crippen LogP contribution >= 0.6 is 0 Å². The molecule has 0 saturated heterocycles. The summed E-state index contributed by atoms with van der Waals surface area (Å²) in [7, 11) is 0. The molecule has 0 spiro atoms. The number of rotatable bonds is 1. The molecule has 3 heteroatoms. The van der Waals surface area contributed by atoms with Gasteiger partial charge in [0.1, 0.15) is 6.61 Å². The topological polar surface area (TPSA) is 55.5 Å². The van der Waals surface area contributed by atoms with Crippen LogP contribution in [0.15, 0.2) is 24.0 Å². The van der Waals surface area contributed by atoms with Gasteiger partial charge in [-0.2, -0.15) is 0 Å². The fraction of sp³-hybridized carbons (Fsp3) is 0.833. The molecule has 1 heterocycles. The monoisotopic (exact) mass is 371 g/mol. The molecule has 3 N–H and O–H groups in total. The van der Waals surface area contributed by atoms with Crippen molar-refractivity contribution < 1.29 is 9.84 Å². The van der Waals surface area contributed by atoms with Crippen molar-refractivity contribution in [3.63, 3.8) is 0 Å². The first kappa shape index (κ1) is 18.2. The Labute approximate surface area is 164 Å². The molecule has 4 fully saturated rings. The highest BCUT2D eigenvalue weighted by Crippen LogP contribution is 2.69. The number of allylic oxidation sites excluding steroid dienone is 2. The molecule has 4 aliphatic carbocycles. The van der Waals surface area contributed by atoms with Gasteiger partial charge in [-0.25, -0.2) is 0 Å². The van der Waals surface area contributed by atoms with Crippen LogP contribution in [0.4, 0.5) is 0 Å². The maximum absolute atomic E-state index is 12.2. The Kier molecular flexibility index (Phi) is 4.12. The number of fused-ring (bicyclic) bond motifs is 5. The number of nitrogens with two attached hydrogens (primary N) is 1. The summed E-state index contributed by atoms with van der Waals surface area (Å²) in [4.78, 5) is 0. The van der Waals surface area contributed by atoms with E-state index in [0.29, 0.717) is 35.8 Å². The second-order valence-corrected chi connectivity index (χ2v) is 10.9. The van der Waals surface area contributed by atoms with Crippen LogP contribution in [0, 0.1) is 34.5 Å². The normalized spacial score (nSPS) is 54.4. The Morgan fingerprint density at radius 3 is 2.67 bits per heavy atom. The van der Waals surface area contributed by atoms with Gasteiger partial charge in [0, 0.05) is 11.5 Å². The summed E-state index contributed by atoms with van der Waals surface area (Å²) in [6.45, 7) is 5.61. The second kappa shape index (κ2) is 6.10. The summed E-state index contributed by atoms with van der Waals surface area (Å²) in [5.41, 5.74) is 7.50. The Morgan fingerprint density at radius 1 is 1.04 bits per heavy atom. The molecule has 4 saturated carbocycles. The minimum absolute atomic E-state index is 0.0146. The third-order valence-electron chi connectivity index (χ3n) is 10.0. The van der Waals surface area contributed by atoms with E-state index in [2.05, 4.69) is 26.0 Å². The van der Waals surface area contributed by atoms with Crippen molar-refractivity contribution in [2.75, 3.05) is 6.61 Å². The number of aliphatic hydroxyl groups is 1. The lowest BCUT2D eigenvalue weighted by Crippen LogP contribution is -2.62. The predicted octanol–water partition coefficient (Wildman–Crippen LogP) is 4.56. The van der Waals surface area contributed by atoms with E-state index in [4.69, 9.17) is 10.5 Å². The van der Waals surface area contributed by atoms with E-state index in [1.54, 1.807) is 0 Å². The molecule has 150 valence electrons. The van der Waals surface area contributed by atoms with Gasteiger partial charge in [0.2, 0.25) is 0 Å².